The van der Waals surface area contributed by atoms with Crippen LogP contribution in [0.3, 0.4) is 0 Å². The molecule has 0 saturated carbocycles. The van der Waals surface area contributed by atoms with Crippen LogP contribution in [-0.2, 0) is 0 Å². The lowest BCUT2D eigenvalue weighted by molar-refractivity contribution is 0.362. The van der Waals surface area contributed by atoms with E-state index in [-0.39, 0.29) is 33.6 Å². The number of aromatic nitrogens is 2. The summed E-state index contributed by atoms with van der Waals surface area (Å²) in [5, 5.41) is 8.89. The minimum Gasteiger partial charge on any atom is -0.382 e. The predicted octanol–water partition coefficient (Wildman–Crippen LogP) is 2.39. The van der Waals surface area contributed by atoms with Gasteiger partial charge in [0.2, 0.25) is 0 Å². The van der Waals surface area contributed by atoms with Gasteiger partial charge >= 0.3 is 0 Å². The number of H-pyrrole nitrogens is 1. The molecule has 0 radical (unpaired) electrons. The Balaban J connectivity index is 1.94. The number of nitrogen functional groups attached to an aromatic ring is 1. The zero-order valence-corrected chi connectivity index (χ0v) is 15.8. The van der Waals surface area contributed by atoms with E-state index in [9.17, 15) is 4.79 Å². The Bertz CT molecular complexity index is 914. The summed E-state index contributed by atoms with van der Waals surface area (Å²) in [6.07, 6.45) is 1.51. The van der Waals surface area contributed by atoms with Crippen molar-refractivity contribution in [1.82, 2.24) is 9.97 Å². The Morgan fingerprint density at radius 2 is 2.00 bits per heavy atom. The topological polar surface area (TPSA) is 125 Å². The molecule has 26 heavy (non-hydrogen) atoms. The van der Waals surface area contributed by atoms with Gasteiger partial charge in [-0.25, -0.2) is 4.98 Å². The Kier molecular flexibility index (Phi) is 4.96. The fourth-order valence-corrected chi connectivity index (χ4v) is 3.32. The third-order valence-electron chi connectivity index (χ3n) is 4.60. The normalized spacial score (nSPS) is 16.5. The average molecular weight is 395 g/mol. The molecule has 1 fully saturated rings. The molecule has 1 aliphatic rings. The number of piperidine rings is 1. The first-order valence-electron chi connectivity index (χ1n) is 8.16. The Morgan fingerprint density at radius 1 is 1.35 bits per heavy atom. The fourth-order valence-electron chi connectivity index (χ4n) is 2.92. The highest BCUT2D eigenvalue weighted by Crippen LogP contribution is 2.28. The molecule has 1 aromatic carbocycles. The summed E-state index contributed by atoms with van der Waals surface area (Å²) < 4.78 is 0. The highest BCUT2D eigenvalue weighted by molar-refractivity contribution is 6.44. The van der Waals surface area contributed by atoms with Gasteiger partial charge in [-0.1, -0.05) is 35.3 Å². The molecule has 7 nitrogen and oxygen atoms in total. The molecule has 3 rings (SSSR count). The molecular formula is C17H20Cl2N6O. The average Bonchev–Trinajstić information content (AvgIpc) is 2.59. The first kappa shape index (κ1) is 18.7. The quantitative estimate of drug-likeness (QED) is 0.594. The summed E-state index contributed by atoms with van der Waals surface area (Å²) in [6, 6.07) is 4.93. The van der Waals surface area contributed by atoms with Gasteiger partial charge in [0.05, 0.1) is 15.8 Å². The lowest BCUT2D eigenvalue weighted by atomic mass is 9.91. The number of nitrogens with two attached hydrogens (primary N) is 2. The van der Waals surface area contributed by atoms with Gasteiger partial charge in [-0.15, -0.1) is 0 Å². The van der Waals surface area contributed by atoms with Crippen LogP contribution in [0.1, 0.15) is 31.0 Å². The Hall–Kier alpha value is -2.09. The van der Waals surface area contributed by atoms with Crippen molar-refractivity contribution in [1.29, 1.82) is 5.41 Å². The highest BCUT2D eigenvalue weighted by Gasteiger charge is 2.28. The monoisotopic (exact) mass is 394 g/mol. The summed E-state index contributed by atoms with van der Waals surface area (Å²) in [4.78, 5) is 21.3. The van der Waals surface area contributed by atoms with Crippen molar-refractivity contribution in [2.24, 2.45) is 5.73 Å². The van der Waals surface area contributed by atoms with Crippen LogP contribution < -0.4 is 21.9 Å². The SMILES string of the molecule is CC1(N)CCN(c2nc(N)c(C(=N)c3cccc(Cl)c3Cl)[nH]c2=O)CC1. The van der Waals surface area contributed by atoms with Crippen molar-refractivity contribution in [2.75, 3.05) is 23.7 Å². The van der Waals surface area contributed by atoms with Crippen LogP contribution in [0.25, 0.3) is 0 Å². The number of rotatable bonds is 3. The number of nitrogens with zero attached hydrogens (tertiary/aromatic N) is 2. The molecular weight excluding hydrogens is 375 g/mol. The van der Waals surface area contributed by atoms with Gasteiger partial charge < -0.3 is 21.4 Å². The number of nitrogens with one attached hydrogen (secondary N) is 2. The summed E-state index contributed by atoms with van der Waals surface area (Å²) in [6.45, 7) is 3.24. The predicted molar refractivity (Wildman–Crippen MR) is 106 cm³/mol. The maximum absolute atomic E-state index is 12.5. The minimum absolute atomic E-state index is 0.0423. The van der Waals surface area contributed by atoms with Crippen LogP contribution in [0.2, 0.25) is 10.0 Å². The minimum atomic E-state index is -0.405. The molecule has 0 atom stereocenters. The smallest absolute Gasteiger partial charge is 0.291 e. The third-order valence-corrected chi connectivity index (χ3v) is 5.42. The van der Waals surface area contributed by atoms with E-state index in [0.717, 1.165) is 12.8 Å². The largest absolute Gasteiger partial charge is 0.382 e. The molecule has 6 N–H and O–H groups in total. The van der Waals surface area contributed by atoms with E-state index < -0.39 is 5.56 Å². The third kappa shape index (κ3) is 3.56. The lowest BCUT2D eigenvalue weighted by Crippen LogP contribution is -2.49. The van der Waals surface area contributed by atoms with Crippen molar-refractivity contribution < 1.29 is 0 Å². The van der Waals surface area contributed by atoms with E-state index >= 15 is 0 Å². The van der Waals surface area contributed by atoms with Crippen molar-refractivity contribution in [3.8, 4) is 0 Å². The van der Waals surface area contributed by atoms with Crippen LogP contribution in [0.15, 0.2) is 23.0 Å². The second-order valence-electron chi connectivity index (χ2n) is 6.77. The summed E-state index contributed by atoms with van der Waals surface area (Å²) >= 11 is 12.2. The van der Waals surface area contributed by atoms with E-state index in [2.05, 4.69) is 9.97 Å². The van der Waals surface area contributed by atoms with Crippen molar-refractivity contribution in [2.45, 2.75) is 25.3 Å². The number of aromatic amines is 1. The number of hydrogen-bond acceptors (Lipinski definition) is 6. The number of anilines is 2. The van der Waals surface area contributed by atoms with Gasteiger partial charge in [0.15, 0.2) is 11.6 Å². The maximum Gasteiger partial charge on any atom is 0.291 e. The summed E-state index contributed by atoms with van der Waals surface area (Å²) in [7, 11) is 0. The number of hydrogen-bond donors (Lipinski definition) is 4. The molecule has 2 heterocycles. The maximum atomic E-state index is 12.5. The molecule has 2 aromatic rings. The molecule has 0 amide bonds. The van der Waals surface area contributed by atoms with E-state index in [1.54, 1.807) is 18.2 Å². The number of halogens is 2. The van der Waals surface area contributed by atoms with Crippen LogP contribution in [-0.4, -0.2) is 34.3 Å². The number of benzene rings is 1. The molecule has 1 saturated heterocycles. The van der Waals surface area contributed by atoms with E-state index in [0.29, 0.717) is 23.7 Å². The van der Waals surface area contributed by atoms with Crippen molar-refractivity contribution >= 4 is 40.5 Å². The van der Waals surface area contributed by atoms with E-state index in [4.69, 9.17) is 40.1 Å². The molecule has 1 aromatic heterocycles. The second-order valence-corrected chi connectivity index (χ2v) is 7.55. The van der Waals surface area contributed by atoms with Gasteiger partial charge in [-0.2, -0.15) is 0 Å². The van der Waals surface area contributed by atoms with Crippen LogP contribution in [0.5, 0.6) is 0 Å². The zero-order valence-electron chi connectivity index (χ0n) is 14.3. The Morgan fingerprint density at radius 3 is 2.65 bits per heavy atom. The highest BCUT2D eigenvalue weighted by atomic mass is 35.5. The standard InChI is InChI=1S/C17H20Cl2N6O/c1-17(22)5-7-25(8-6-17)15-16(26)23-13(14(21)24-15)12(20)9-3-2-4-10(18)11(9)19/h2-4,20H,5-8,22H2,1H3,(H2,21,24)(H,23,26). The Labute approximate surface area is 160 Å². The van der Waals surface area contributed by atoms with Gasteiger partial charge in [0, 0.05) is 24.2 Å². The molecule has 0 bridgehead atoms. The van der Waals surface area contributed by atoms with Crippen molar-refractivity contribution in [3.63, 3.8) is 0 Å². The first-order chi connectivity index (χ1) is 12.2. The molecule has 0 aliphatic carbocycles. The molecule has 0 unspecified atom stereocenters. The zero-order chi connectivity index (χ0) is 19.1. The van der Waals surface area contributed by atoms with Gasteiger partial charge in [0.1, 0.15) is 5.69 Å². The van der Waals surface area contributed by atoms with E-state index in [1.165, 1.54) is 0 Å². The van der Waals surface area contributed by atoms with Crippen LogP contribution in [0, 0.1) is 5.41 Å². The fraction of sp³-hybridized carbons (Fsp3) is 0.353. The van der Waals surface area contributed by atoms with Crippen LogP contribution >= 0.6 is 23.2 Å². The van der Waals surface area contributed by atoms with Gasteiger partial charge in [-0.3, -0.25) is 10.2 Å². The molecule has 0 spiro atoms. The molecule has 1 aliphatic heterocycles. The molecule has 138 valence electrons. The summed E-state index contributed by atoms with van der Waals surface area (Å²) in [5.74, 6) is 0.300. The molecule has 9 heteroatoms. The van der Waals surface area contributed by atoms with Crippen LogP contribution in [0.4, 0.5) is 11.6 Å². The van der Waals surface area contributed by atoms with E-state index in [1.807, 2.05) is 11.8 Å². The summed E-state index contributed by atoms with van der Waals surface area (Å²) in [5.41, 5.74) is 12.0. The van der Waals surface area contributed by atoms with Crippen molar-refractivity contribution in [3.05, 3.63) is 49.9 Å². The first-order valence-corrected chi connectivity index (χ1v) is 8.92. The van der Waals surface area contributed by atoms with Gasteiger partial charge in [0.25, 0.3) is 5.56 Å². The lowest BCUT2D eigenvalue weighted by Gasteiger charge is -2.37. The second kappa shape index (κ2) is 6.90. The van der Waals surface area contributed by atoms with Gasteiger partial charge in [-0.05, 0) is 25.8 Å².